The lowest BCUT2D eigenvalue weighted by Crippen LogP contribution is -2.12. The molecular weight excluding hydrogens is 340 g/mol. The number of thiazole rings is 1. The van der Waals surface area contributed by atoms with Crippen molar-refractivity contribution in [3.05, 3.63) is 69.1 Å². The van der Waals surface area contributed by atoms with E-state index in [-0.39, 0.29) is 5.91 Å². The molecule has 0 aliphatic rings. The second kappa shape index (κ2) is 6.75. The Morgan fingerprint density at radius 3 is 2.58 bits per heavy atom. The van der Waals surface area contributed by atoms with E-state index in [0.717, 1.165) is 21.7 Å². The van der Waals surface area contributed by atoms with Crippen molar-refractivity contribution in [1.82, 2.24) is 4.98 Å². The molecule has 0 saturated heterocycles. The molecule has 0 unspecified atom stereocenters. The highest BCUT2D eigenvalue weighted by Crippen LogP contribution is 2.31. The smallest absolute Gasteiger partial charge is 0.257 e. The predicted octanol–water partition coefficient (Wildman–Crippen LogP) is 5.64. The first-order valence-electron chi connectivity index (χ1n) is 7.56. The van der Waals surface area contributed by atoms with Crippen LogP contribution in [-0.4, -0.2) is 10.9 Å². The minimum absolute atomic E-state index is 0.149. The number of amides is 1. The van der Waals surface area contributed by atoms with E-state index in [4.69, 9.17) is 11.6 Å². The van der Waals surface area contributed by atoms with E-state index in [2.05, 4.69) is 10.3 Å². The van der Waals surface area contributed by atoms with Crippen LogP contribution in [0.25, 0.3) is 11.3 Å². The molecule has 122 valence electrons. The Labute approximate surface area is 150 Å². The number of carbonyl (C=O) groups excluding carboxylic acids is 1. The summed E-state index contributed by atoms with van der Waals surface area (Å²) in [7, 11) is 0. The summed E-state index contributed by atoms with van der Waals surface area (Å²) in [6.07, 6.45) is 0. The zero-order valence-electron chi connectivity index (χ0n) is 13.7. The zero-order chi connectivity index (χ0) is 17.3. The number of halogens is 1. The van der Waals surface area contributed by atoms with Crippen molar-refractivity contribution in [2.24, 2.45) is 0 Å². The number of anilines is 1. The summed E-state index contributed by atoms with van der Waals surface area (Å²) < 4.78 is 0. The van der Waals surface area contributed by atoms with E-state index in [0.29, 0.717) is 15.7 Å². The minimum atomic E-state index is -0.149. The van der Waals surface area contributed by atoms with E-state index in [1.165, 1.54) is 16.9 Å². The maximum atomic E-state index is 12.4. The van der Waals surface area contributed by atoms with Crippen LogP contribution in [0.3, 0.4) is 0 Å². The van der Waals surface area contributed by atoms with Crippen LogP contribution in [0.1, 0.15) is 26.4 Å². The van der Waals surface area contributed by atoms with Crippen LogP contribution in [0, 0.1) is 20.8 Å². The third-order valence-electron chi connectivity index (χ3n) is 3.88. The second-order valence-electron chi connectivity index (χ2n) is 5.69. The van der Waals surface area contributed by atoms with Gasteiger partial charge in [-0.3, -0.25) is 10.1 Å². The van der Waals surface area contributed by atoms with Crippen LogP contribution in [0.4, 0.5) is 5.13 Å². The van der Waals surface area contributed by atoms with Crippen LogP contribution in [0.2, 0.25) is 5.02 Å². The van der Waals surface area contributed by atoms with Gasteiger partial charge in [0.2, 0.25) is 0 Å². The Balaban J connectivity index is 1.85. The Kier molecular flexibility index (Phi) is 4.69. The monoisotopic (exact) mass is 356 g/mol. The summed E-state index contributed by atoms with van der Waals surface area (Å²) >= 11 is 7.51. The molecule has 1 aromatic heterocycles. The first-order chi connectivity index (χ1) is 11.4. The van der Waals surface area contributed by atoms with Crippen molar-refractivity contribution in [1.29, 1.82) is 0 Å². The van der Waals surface area contributed by atoms with Crippen LogP contribution >= 0.6 is 22.9 Å². The summed E-state index contributed by atoms with van der Waals surface area (Å²) in [5, 5.41) is 4.14. The molecule has 0 fully saturated rings. The molecule has 0 aliphatic heterocycles. The predicted molar refractivity (Wildman–Crippen MR) is 101 cm³/mol. The van der Waals surface area contributed by atoms with Crippen LogP contribution in [-0.2, 0) is 0 Å². The molecule has 5 heteroatoms. The molecular formula is C19H17ClN2OS. The molecule has 3 aromatic rings. The highest BCUT2D eigenvalue weighted by atomic mass is 35.5. The summed E-state index contributed by atoms with van der Waals surface area (Å²) in [6.45, 7) is 6.01. The number of aryl methyl sites for hydroxylation is 3. The third-order valence-corrected chi connectivity index (χ3v) is 5.01. The molecule has 3 rings (SSSR count). The molecule has 1 N–H and O–H groups in total. The normalized spacial score (nSPS) is 10.7. The van der Waals surface area contributed by atoms with Crippen molar-refractivity contribution in [3.8, 4) is 11.3 Å². The number of nitrogens with zero attached hydrogens (tertiary/aromatic N) is 1. The molecule has 1 amide bonds. The molecule has 0 atom stereocenters. The van der Waals surface area contributed by atoms with Gasteiger partial charge in [0.15, 0.2) is 5.13 Å². The van der Waals surface area contributed by atoms with Crippen LogP contribution in [0.5, 0.6) is 0 Å². The first-order valence-corrected chi connectivity index (χ1v) is 8.75. The van der Waals surface area contributed by atoms with Gasteiger partial charge < -0.3 is 0 Å². The van der Waals surface area contributed by atoms with Gasteiger partial charge in [-0.1, -0.05) is 29.8 Å². The van der Waals surface area contributed by atoms with E-state index in [9.17, 15) is 4.79 Å². The fourth-order valence-electron chi connectivity index (χ4n) is 2.41. The standard InChI is InChI=1S/C19H17ClN2OS/c1-11-7-8-15(9-12(11)2)18(23)22-19-21-17(13(3)24-19)14-5-4-6-16(20)10-14/h4-10H,1-3H3,(H,21,22,23). The molecule has 0 saturated carbocycles. The maximum absolute atomic E-state index is 12.4. The molecule has 1 heterocycles. The number of carbonyl (C=O) groups is 1. The second-order valence-corrected chi connectivity index (χ2v) is 7.33. The summed E-state index contributed by atoms with van der Waals surface area (Å²) in [5.41, 5.74) is 4.69. The Morgan fingerprint density at radius 2 is 1.88 bits per heavy atom. The topological polar surface area (TPSA) is 42.0 Å². The number of hydrogen-bond acceptors (Lipinski definition) is 3. The number of benzene rings is 2. The molecule has 0 spiro atoms. The highest BCUT2D eigenvalue weighted by molar-refractivity contribution is 7.16. The quantitative estimate of drug-likeness (QED) is 0.659. The van der Waals surface area contributed by atoms with Crippen molar-refractivity contribution >= 4 is 34.0 Å². The number of aromatic nitrogens is 1. The van der Waals surface area contributed by atoms with Crippen molar-refractivity contribution in [2.75, 3.05) is 5.32 Å². The highest BCUT2D eigenvalue weighted by Gasteiger charge is 2.13. The SMILES string of the molecule is Cc1ccc(C(=O)Nc2nc(-c3cccc(Cl)c3)c(C)s2)cc1C. The van der Waals surface area contributed by atoms with Gasteiger partial charge in [-0.25, -0.2) is 4.98 Å². The lowest BCUT2D eigenvalue weighted by Gasteiger charge is -2.05. The fourth-order valence-corrected chi connectivity index (χ4v) is 3.43. The van der Waals surface area contributed by atoms with Gasteiger partial charge in [0.05, 0.1) is 5.69 Å². The van der Waals surface area contributed by atoms with Gasteiger partial charge >= 0.3 is 0 Å². The summed E-state index contributed by atoms with van der Waals surface area (Å²) in [5.74, 6) is -0.149. The first kappa shape index (κ1) is 16.7. The number of hydrogen-bond donors (Lipinski definition) is 1. The van der Waals surface area contributed by atoms with Crippen molar-refractivity contribution in [2.45, 2.75) is 20.8 Å². The summed E-state index contributed by atoms with van der Waals surface area (Å²) in [4.78, 5) is 18.0. The minimum Gasteiger partial charge on any atom is -0.298 e. The van der Waals surface area contributed by atoms with Gasteiger partial charge in [0.1, 0.15) is 0 Å². The largest absolute Gasteiger partial charge is 0.298 e. The van der Waals surface area contributed by atoms with Crippen LogP contribution in [0.15, 0.2) is 42.5 Å². The number of rotatable bonds is 3. The Bertz CT molecular complexity index is 917. The molecule has 0 radical (unpaired) electrons. The van der Waals surface area contributed by atoms with Crippen molar-refractivity contribution < 1.29 is 4.79 Å². The van der Waals surface area contributed by atoms with Gasteiger partial charge in [0.25, 0.3) is 5.91 Å². The van der Waals surface area contributed by atoms with E-state index in [1.54, 1.807) is 0 Å². The third kappa shape index (κ3) is 3.50. The number of nitrogens with one attached hydrogen (secondary N) is 1. The lowest BCUT2D eigenvalue weighted by atomic mass is 10.1. The molecule has 3 nitrogen and oxygen atoms in total. The zero-order valence-corrected chi connectivity index (χ0v) is 15.3. The van der Waals surface area contributed by atoms with Gasteiger partial charge in [-0.05, 0) is 56.2 Å². The Morgan fingerprint density at radius 1 is 1.08 bits per heavy atom. The maximum Gasteiger partial charge on any atom is 0.257 e. The Hall–Kier alpha value is -2.17. The fraction of sp³-hybridized carbons (Fsp3) is 0.158. The molecule has 2 aromatic carbocycles. The average Bonchev–Trinajstić information content (AvgIpc) is 2.90. The van der Waals surface area contributed by atoms with Gasteiger partial charge in [-0.15, -0.1) is 11.3 Å². The van der Waals surface area contributed by atoms with Crippen molar-refractivity contribution in [3.63, 3.8) is 0 Å². The van der Waals surface area contributed by atoms with E-state index < -0.39 is 0 Å². The average molecular weight is 357 g/mol. The molecule has 24 heavy (non-hydrogen) atoms. The van der Waals surface area contributed by atoms with E-state index in [1.807, 2.05) is 63.2 Å². The van der Waals surface area contributed by atoms with Crippen LogP contribution < -0.4 is 5.32 Å². The van der Waals surface area contributed by atoms with E-state index >= 15 is 0 Å². The molecule has 0 aliphatic carbocycles. The lowest BCUT2D eigenvalue weighted by molar-refractivity contribution is 0.102. The molecule has 0 bridgehead atoms. The van der Waals surface area contributed by atoms with Gasteiger partial charge in [-0.2, -0.15) is 0 Å². The van der Waals surface area contributed by atoms with Gasteiger partial charge in [0, 0.05) is 21.0 Å². The summed E-state index contributed by atoms with van der Waals surface area (Å²) in [6, 6.07) is 13.2.